The first-order valence-electron chi connectivity index (χ1n) is 7.24. The first-order valence-corrected chi connectivity index (χ1v) is 8.68. The highest BCUT2D eigenvalue weighted by atomic mass is 32.2. The Labute approximate surface area is 134 Å². The van der Waals surface area contributed by atoms with Crippen LogP contribution in [-0.4, -0.2) is 45.7 Å². The van der Waals surface area contributed by atoms with Crippen molar-refractivity contribution >= 4 is 26.8 Å². The van der Waals surface area contributed by atoms with E-state index in [-0.39, 0.29) is 10.9 Å². The molecule has 0 bridgehead atoms. The summed E-state index contributed by atoms with van der Waals surface area (Å²) in [6.45, 7) is 2.36. The molecular weight excluding hydrogens is 316 g/mol. The van der Waals surface area contributed by atoms with Gasteiger partial charge in [-0.3, -0.25) is 5.43 Å². The maximum Gasteiger partial charge on any atom is 0.286 e. The number of sulfonamides is 1. The summed E-state index contributed by atoms with van der Waals surface area (Å²) in [5.74, 6) is -0.153. The summed E-state index contributed by atoms with van der Waals surface area (Å²) in [6.07, 6.45) is 0. The quantitative estimate of drug-likeness (QED) is 0.633. The highest BCUT2D eigenvalue weighted by Gasteiger charge is 2.18. The lowest BCUT2D eigenvalue weighted by Gasteiger charge is -2.27. The molecule has 3 N–H and O–H groups in total. The number of fused-ring (bicyclic) bond motifs is 1. The van der Waals surface area contributed by atoms with Crippen LogP contribution in [0.2, 0.25) is 0 Å². The summed E-state index contributed by atoms with van der Waals surface area (Å²) in [7, 11) is -3.89. The van der Waals surface area contributed by atoms with Crippen LogP contribution in [0.3, 0.4) is 0 Å². The maximum atomic E-state index is 12.5. The normalized spacial score (nSPS) is 17.3. The molecule has 122 valence electrons. The van der Waals surface area contributed by atoms with Crippen molar-refractivity contribution in [2.75, 3.05) is 26.3 Å². The van der Waals surface area contributed by atoms with E-state index in [0.717, 1.165) is 5.39 Å². The van der Waals surface area contributed by atoms with E-state index in [4.69, 9.17) is 10.5 Å². The molecule has 1 fully saturated rings. The van der Waals surface area contributed by atoms with Crippen LogP contribution in [-0.2, 0) is 14.8 Å². The van der Waals surface area contributed by atoms with Crippen LogP contribution in [0.4, 0.5) is 0 Å². The molecule has 0 aliphatic carbocycles. The molecule has 0 unspecified atom stereocenters. The van der Waals surface area contributed by atoms with E-state index in [1.165, 1.54) is 6.07 Å². The number of ether oxygens (including phenoxy) is 1. The molecule has 0 spiro atoms. The van der Waals surface area contributed by atoms with E-state index in [9.17, 15) is 8.42 Å². The summed E-state index contributed by atoms with van der Waals surface area (Å²) in [6, 6.07) is 12.3. The fourth-order valence-electron chi connectivity index (χ4n) is 2.46. The van der Waals surface area contributed by atoms with Gasteiger partial charge in [-0.15, -0.1) is 4.40 Å². The van der Waals surface area contributed by atoms with Crippen molar-refractivity contribution in [2.45, 2.75) is 4.90 Å². The van der Waals surface area contributed by atoms with E-state index < -0.39 is 10.0 Å². The lowest BCUT2D eigenvalue weighted by Crippen LogP contribution is -2.51. The minimum Gasteiger partial charge on any atom is -0.379 e. The summed E-state index contributed by atoms with van der Waals surface area (Å²) in [5, 5.41) is 3.24. The van der Waals surface area contributed by atoms with Crippen LogP contribution in [0.5, 0.6) is 0 Å². The van der Waals surface area contributed by atoms with E-state index in [1.54, 1.807) is 23.2 Å². The predicted molar refractivity (Wildman–Crippen MR) is 88.3 cm³/mol. The number of benzene rings is 2. The zero-order valence-electron chi connectivity index (χ0n) is 12.5. The van der Waals surface area contributed by atoms with Gasteiger partial charge in [0.1, 0.15) is 0 Å². The second kappa shape index (κ2) is 6.53. The standard InChI is InChI=1S/C15H18N4O3S/c16-15(17-19-8-10-22-11-9-19)18-23(20,21)14-7-3-5-12-4-1-2-6-13(12)14/h1-7H,8-11H2,(H3,16,17,18). The van der Waals surface area contributed by atoms with Gasteiger partial charge in [-0.25, -0.2) is 5.01 Å². The van der Waals surface area contributed by atoms with Crippen LogP contribution in [0.1, 0.15) is 0 Å². The fourth-order valence-corrected chi connectivity index (χ4v) is 3.57. The van der Waals surface area contributed by atoms with Crippen molar-refractivity contribution in [1.29, 1.82) is 0 Å². The Balaban J connectivity index is 1.89. The lowest BCUT2D eigenvalue weighted by molar-refractivity contribution is 0.0246. The Morgan fingerprint density at radius 3 is 2.61 bits per heavy atom. The minimum absolute atomic E-state index is 0.141. The molecule has 2 aromatic carbocycles. The van der Waals surface area contributed by atoms with E-state index in [0.29, 0.717) is 31.7 Å². The van der Waals surface area contributed by atoms with Crippen LogP contribution >= 0.6 is 0 Å². The summed E-state index contributed by atoms with van der Waals surface area (Å²) in [5.41, 5.74) is 8.54. The highest BCUT2D eigenvalue weighted by molar-refractivity contribution is 7.90. The smallest absolute Gasteiger partial charge is 0.286 e. The molecule has 2 aromatic rings. The van der Waals surface area contributed by atoms with Crippen molar-refractivity contribution in [3.63, 3.8) is 0 Å². The minimum atomic E-state index is -3.89. The number of rotatable bonds is 3. The van der Waals surface area contributed by atoms with E-state index in [2.05, 4.69) is 9.82 Å². The van der Waals surface area contributed by atoms with Gasteiger partial charge in [0.05, 0.1) is 18.1 Å². The van der Waals surface area contributed by atoms with Gasteiger partial charge < -0.3 is 10.5 Å². The molecule has 8 heteroatoms. The molecule has 3 rings (SSSR count). The predicted octanol–water partition coefficient (Wildman–Crippen LogP) is 0.680. The fraction of sp³-hybridized carbons (Fsp3) is 0.267. The third-order valence-corrected chi connectivity index (χ3v) is 4.88. The first kappa shape index (κ1) is 15.7. The maximum absolute atomic E-state index is 12.5. The third kappa shape index (κ3) is 3.61. The molecule has 0 amide bonds. The Bertz CT molecular complexity index is 824. The van der Waals surface area contributed by atoms with Gasteiger partial charge in [-0.1, -0.05) is 36.4 Å². The number of morpholine rings is 1. The lowest BCUT2D eigenvalue weighted by atomic mass is 10.1. The van der Waals surface area contributed by atoms with Crippen LogP contribution in [0, 0.1) is 0 Å². The zero-order valence-corrected chi connectivity index (χ0v) is 13.3. The molecule has 1 heterocycles. The number of hydrogen-bond acceptors (Lipinski definition) is 4. The average molecular weight is 334 g/mol. The first-order chi connectivity index (χ1) is 11.1. The van der Waals surface area contributed by atoms with Gasteiger partial charge in [0.15, 0.2) is 0 Å². The monoisotopic (exact) mass is 334 g/mol. The van der Waals surface area contributed by atoms with Gasteiger partial charge in [-0.05, 0) is 11.5 Å². The second-order valence-corrected chi connectivity index (χ2v) is 6.71. The Morgan fingerprint density at radius 1 is 1.13 bits per heavy atom. The van der Waals surface area contributed by atoms with E-state index >= 15 is 0 Å². The SMILES string of the molecule is N/C(=N\S(=O)(=O)c1cccc2ccccc12)NN1CCOCC1. The number of nitrogens with zero attached hydrogens (tertiary/aromatic N) is 2. The van der Waals surface area contributed by atoms with Crippen molar-refractivity contribution in [2.24, 2.45) is 10.1 Å². The Kier molecular flexibility index (Phi) is 4.46. The third-order valence-electron chi connectivity index (χ3n) is 3.53. The molecule has 23 heavy (non-hydrogen) atoms. The Morgan fingerprint density at radius 2 is 1.83 bits per heavy atom. The van der Waals surface area contributed by atoms with Gasteiger partial charge in [0, 0.05) is 18.5 Å². The summed E-state index contributed by atoms with van der Waals surface area (Å²) in [4.78, 5) is 0.141. The highest BCUT2D eigenvalue weighted by Crippen LogP contribution is 2.24. The molecule has 1 aliphatic rings. The molecular formula is C15H18N4O3S. The molecule has 1 aliphatic heterocycles. The van der Waals surface area contributed by atoms with E-state index in [1.807, 2.05) is 18.2 Å². The molecule has 1 saturated heterocycles. The number of hydrazine groups is 1. The molecule has 0 aromatic heterocycles. The van der Waals surface area contributed by atoms with Crippen LogP contribution in [0.25, 0.3) is 10.8 Å². The number of nitrogens with one attached hydrogen (secondary N) is 1. The van der Waals surface area contributed by atoms with Gasteiger partial charge in [0.2, 0.25) is 5.96 Å². The topological polar surface area (TPSA) is 97.0 Å². The number of hydrogen-bond donors (Lipinski definition) is 2. The zero-order chi connectivity index (χ0) is 16.3. The van der Waals surface area contributed by atoms with Gasteiger partial charge >= 0.3 is 0 Å². The van der Waals surface area contributed by atoms with Crippen LogP contribution in [0.15, 0.2) is 51.8 Å². The Hall–Kier alpha value is -2.16. The molecule has 0 saturated carbocycles. The van der Waals surface area contributed by atoms with Crippen LogP contribution < -0.4 is 11.2 Å². The largest absolute Gasteiger partial charge is 0.379 e. The summed E-state index contributed by atoms with van der Waals surface area (Å²) >= 11 is 0. The second-order valence-electron chi connectivity index (χ2n) is 5.14. The molecule has 7 nitrogen and oxygen atoms in total. The number of nitrogens with two attached hydrogens (primary N) is 1. The molecule has 0 radical (unpaired) electrons. The van der Waals surface area contributed by atoms with Crippen molar-refractivity contribution in [1.82, 2.24) is 10.4 Å². The summed E-state index contributed by atoms with van der Waals surface area (Å²) < 4.78 is 34.0. The van der Waals surface area contributed by atoms with Crippen molar-refractivity contribution < 1.29 is 13.2 Å². The average Bonchev–Trinajstić information content (AvgIpc) is 2.54. The van der Waals surface area contributed by atoms with Crippen molar-refractivity contribution in [3.8, 4) is 0 Å². The number of guanidine groups is 1. The van der Waals surface area contributed by atoms with Gasteiger partial charge in [0.25, 0.3) is 10.0 Å². The van der Waals surface area contributed by atoms with Crippen molar-refractivity contribution in [3.05, 3.63) is 42.5 Å². The molecule has 0 atom stereocenters. The van der Waals surface area contributed by atoms with Gasteiger partial charge in [-0.2, -0.15) is 8.42 Å².